The van der Waals surface area contributed by atoms with Gasteiger partial charge in [-0.25, -0.2) is 9.78 Å². The summed E-state index contributed by atoms with van der Waals surface area (Å²) in [5.74, 6) is 1.08. The van der Waals surface area contributed by atoms with Gasteiger partial charge in [0.05, 0.1) is 30.5 Å². The second kappa shape index (κ2) is 8.60. The summed E-state index contributed by atoms with van der Waals surface area (Å²) in [6, 6.07) is 12.5. The van der Waals surface area contributed by atoms with E-state index < -0.39 is 5.97 Å². The first kappa shape index (κ1) is 18.8. The first-order valence-electron chi connectivity index (χ1n) is 8.30. The summed E-state index contributed by atoms with van der Waals surface area (Å²) >= 11 is 6.18. The first-order valence-corrected chi connectivity index (χ1v) is 8.67. The van der Waals surface area contributed by atoms with E-state index in [2.05, 4.69) is 4.98 Å². The molecule has 0 unspecified atom stereocenters. The topological polar surface area (TPSA) is 70.8 Å². The van der Waals surface area contributed by atoms with Crippen LogP contribution in [0.3, 0.4) is 0 Å². The maximum atomic E-state index is 12.3. The van der Waals surface area contributed by atoms with Crippen molar-refractivity contribution in [3.05, 3.63) is 65.1 Å². The van der Waals surface area contributed by atoms with Gasteiger partial charge in [0.25, 0.3) is 0 Å². The number of carbonyl (C=O) groups excluding carboxylic acids is 1. The molecule has 0 saturated carbocycles. The average molecular weight is 388 g/mol. The van der Waals surface area contributed by atoms with Crippen molar-refractivity contribution >= 4 is 17.6 Å². The van der Waals surface area contributed by atoms with Crippen molar-refractivity contribution in [2.75, 3.05) is 13.7 Å². The van der Waals surface area contributed by atoms with E-state index in [-0.39, 0.29) is 17.2 Å². The Balaban J connectivity index is 1.69. The molecule has 0 radical (unpaired) electrons. The number of rotatable bonds is 7. The summed E-state index contributed by atoms with van der Waals surface area (Å²) < 4.78 is 21.6. The van der Waals surface area contributed by atoms with Gasteiger partial charge >= 0.3 is 5.97 Å². The molecule has 7 heteroatoms. The third-order valence-corrected chi connectivity index (χ3v) is 3.97. The molecule has 0 saturated heterocycles. The highest BCUT2D eigenvalue weighted by Gasteiger charge is 2.17. The number of esters is 1. The van der Waals surface area contributed by atoms with E-state index in [0.717, 1.165) is 5.56 Å². The lowest BCUT2D eigenvalue weighted by Gasteiger charge is -2.12. The SMILES string of the molecule is CCOc1c(Cl)cc(C(=O)OCc2ncc(-c3ccccc3)o2)cc1OC. The first-order chi connectivity index (χ1) is 13.1. The van der Waals surface area contributed by atoms with Gasteiger partial charge < -0.3 is 18.6 Å². The molecule has 1 heterocycles. The van der Waals surface area contributed by atoms with Gasteiger partial charge in [-0.15, -0.1) is 0 Å². The highest BCUT2D eigenvalue weighted by atomic mass is 35.5. The number of carbonyl (C=O) groups is 1. The fourth-order valence-electron chi connectivity index (χ4n) is 2.45. The number of aromatic nitrogens is 1. The van der Waals surface area contributed by atoms with E-state index in [1.54, 1.807) is 6.20 Å². The quantitative estimate of drug-likeness (QED) is 0.544. The van der Waals surface area contributed by atoms with Gasteiger partial charge in [-0.05, 0) is 19.1 Å². The fourth-order valence-corrected chi connectivity index (χ4v) is 2.71. The lowest BCUT2D eigenvalue weighted by Crippen LogP contribution is -2.07. The summed E-state index contributed by atoms with van der Waals surface area (Å²) in [5, 5.41) is 0.269. The van der Waals surface area contributed by atoms with Crippen LogP contribution >= 0.6 is 11.6 Å². The smallest absolute Gasteiger partial charge is 0.338 e. The monoisotopic (exact) mass is 387 g/mol. The lowest BCUT2D eigenvalue weighted by atomic mass is 10.2. The number of oxazole rings is 1. The van der Waals surface area contributed by atoms with Gasteiger partial charge in [0.15, 0.2) is 23.9 Å². The molecule has 0 aliphatic rings. The van der Waals surface area contributed by atoms with Crippen molar-refractivity contribution in [3.63, 3.8) is 0 Å². The fraction of sp³-hybridized carbons (Fsp3) is 0.200. The van der Waals surface area contributed by atoms with E-state index >= 15 is 0 Å². The molecule has 0 amide bonds. The molecule has 0 spiro atoms. The third kappa shape index (κ3) is 4.41. The second-order valence-electron chi connectivity index (χ2n) is 5.48. The van der Waals surface area contributed by atoms with Crippen molar-refractivity contribution in [2.45, 2.75) is 13.5 Å². The van der Waals surface area contributed by atoms with Crippen LogP contribution in [0.1, 0.15) is 23.2 Å². The van der Waals surface area contributed by atoms with Crippen molar-refractivity contribution in [1.29, 1.82) is 0 Å². The molecule has 1 aromatic heterocycles. The molecular weight excluding hydrogens is 370 g/mol. The second-order valence-corrected chi connectivity index (χ2v) is 5.89. The summed E-state index contributed by atoms with van der Waals surface area (Å²) in [6.07, 6.45) is 1.59. The van der Waals surface area contributed by atoms with Gasteiger partial charge in [0.2, 0.25) is 5.89 Å². The summed E-state index contributed by atoms with van der Waals surface area (Å²) in [5.41, 5.74) is 1.14. The number of benzene rings is 2. The van der Waals surface area contributed by atoms with E-state index in [0.29, 0.717) is 29.8 Å². The lowest BCUT2D eigenvalue weighted by molar-refractivity contribution is 0.0438. The highest BCUT2D eigenvalue weighted by Crippen LogP contribution is 2.36. The van der Waals surface area contributed by atoms with Crippen LogP contribution in [0.25, 0.3) is 11.3 Å². The van der Waals surface area contributed by atoms with E-state index in [1.807, 2.05) is 37.3 Å². The van der Waals surface area contributed by atoms with Gasteiger partial charge in [-0.3, -0.25) is 0 Å². The zero-order valence-electron chi connectivity index (χ0n) is 14.9. The third-order valence-electron chi connectivity index (χ3n) is 3.69. The van der Waals surface area contributed by atoms with Gasteiger partial charge in [0.1, 0.15) is 0 Å². The minimum Gasteiger partial charge on any atom is -0.493 e. The van der Waals surface area contributed by atoms with Gasteiger partial charge in [-0.2, -0.15) is 0 Å². The van der Waals surface area contributed by atoms with Crippen LogP contribution in [0, 0.1) is 0 Å². The molecule has 140 valence electrons. The maximum Gasteiger partial charge on any atom is 0.338 e. The minimum absolute atomic E-state index is 0.0984. The number of hydrogen-bond donors (Lipinski definition) is 0. The average Bonchev–Trinajstić information content (AvgIpc) is 3.17. The van der Waals surface area contributed by atoms with Crippen LogP contribution in [0.4, 0.5) is 0 Å². The molecule has 6 nitrogen and oxygen atoms in total. The van der Waals surface area contributed by atoms with Crippen molar-refractivity contribution in [2.24, 2.45) is 0 Å². The maximum absolute atomic E-state index is 12.3. The Morgan fingerprint density at radius 3 is 2.70 bits per heavy atom. The molecule has 2 aromatic carbocycles. The summed E-state index contributed by atoms with van der Waals surface area (Å²) in [7, 11) is 1.47. The summed E-state index contributed by atoms with van der Waals surface area (Å²) in [4.78, 5) is 16.5. The molecule has 0 bridgehead atoms. The Bertz CT molecular complexity index is 923. The number of hydrogen-bond acceptors (Lipinski definition) is 6. The molecule has 0 aliphatic heterocycles. The largest absolute Gasteiger partial charge is 0.493 e. The standard InChI is InChI=1S/C20H18ClNO5/c1-3-25-19-15(21)9-14(10-16(19)24-2)20(23)26-12-18-22-11-17(27-18)13-7-5-4-6-8-13/h4-11H,3,12H2,1-2H3. The molecule has 0 aliphatic carbocycles. The van der Waals surface area contributed by atoms with Crippen LogP contribution in [0.2, 0.25) is 5.02 Å². The molecule has 0 atom stereocenters. The minimum atomic E-state index is -0.572. The molecule has 3 rings (SSSR count). The van der Waals surface area contributed by atoms with E-state index in [1.165, 1.54) is 19.2 Å². The van der Waals surface area contributed by atoms with Crippen molar-refractivity contribution in [3.8, 4) is 22.8 Å². The Morgan fingerprint density at radius 2 is 2.00 bits per heavy atom. The molecular formula is C20H18ClNO5. The molecule has 27 heavy (non-hydrogen) atoms. The Morgan fingerprint density at radius 1 is 1.22 bits per heavy atom. The van der Waals surface area contributed by atoms with Crippen LogP contribution in [0.15, 0.2) is 53.1 Å². The van der Waals surface area contributed by atoms with E-state index in [9.17, 15) is 4.79 Å². The highest BCUT2D eigenvalue weighted by molar-refractivity contribution is 6.32. The number of halogens is 1. The number of methoxy groups -OCH3 is 1. The zero-order valence-corrected chi connectivity index (χ0v) is 15.7. The van der Waals surface area contributed by atoms with Crippen LogP contribution in [-0.2, 0) is 11.3 Å². The normalized spacial score (nSPS) is 10.5. The summed E-state index contributed by atoms with van der Waals surface area (Å²) in [6.45, 7) is 2.16. The molecule has 0 N–H and O–H groups in total. The predicted molar refractivity (Wildman–Crippen MR) is 100 cm³/mol. The predicted octanol–water partition coefficient (Wildman–Crippen LogP) is 4.76. The van der Waals surface area contributed by atoms with E-state index in [4.69, 9.17) is 30.2 Å². The van der Waals surface area contributed by atoms with Crippen LogP contribution in [-0.4, -0.2) is 24.7 Å². The van der Waals surface area contributed by atoms with Gasteiger partial charge in [0, 0.05) is 5.56 Å². The van der Waals surface area contributed by atoms with Crippen molar-refractivity contribution in [1.82, 2.24) is 4.98 Å². The number of ether oxygens (including phenoxy) is 3. The molecule has 3 aromatic rings. The Labute approximate surface area is 161 Å². The molecule has 0 fully saturated rings. The van der Waals surface area contributed by atoms with Crippen LogP contribution < -0.4 is 9.47 Å². The van der Waals surface area contributed by atoms with Crippen molar-refractivity contribution < 1.29 is 23.4 Å². The Kier molecular flexibility index (Phi) is 5.98. The zero-order chi connectivity index (χ0) is 19.2. The number of nitrogens with zero attached hydrogens (tertiary/aromatic N) is 1. The van der Waals surface area contributed by atoms with Crippen LogP contribution in [0.5, 0.6) is 11.5 Å². The Hall–Kier alpha value is -2.99. The van der Waals surface area contributed by atoms with Gasteiger partial charge in [-0.1, -0.05) is 41.9 Å².